The van der Waals surface area contributed by atoms with Crippen molar-refractivity contribution in [2.75, 3.05) is 0 Å². The van der Waals surface area contributed by atoms with E-state index in [1.807, 2.05) is 0 Å². The summed E-state index contributed by atoms with van der Waals surface area (Å²) < 4.78 is 38.3. The highest BCUT2D eigenvalue weighted by molar-refractivity contribution is 6.72. The minimum absolute atomic E-state index is 0.182. The second-order valence-electron chi connectivity index (χ2n) is 3.73. The Labute approximate surface area is 80.2 Å². The van der Waals surface area contributed by atoms with Crippen LogP contribution in [0.5, 0.6) is 0 Å². The first-order chi connectivity index (χ1) is 6.57. The van der Waals surface area contributed by atoms with E-state index in [0.717, 1.165) is 31.7 Å². The van der Waals surface area contributed by atoms with Gasteiger partial charge in [-0.05, 0) is 12.8 Å². The average molecular weight is 203 g/mol. The van der Waals surface area contributed by atoms with Gasteiger partial charge in [0.2, 0.25) is 0 Å². The molecule has 0 aromatic carbocycles. The fraction of sp³-hybridized carbons (Fsp3) is 0.625. The van der Waals surface area contributed by atoms with E-state index in [-0.39, 0.29) is 6.04 Å². The number of hydrogen-bond acceptors (Lipinski definition) is 1. The summed E-state index contributed by atoms with van der Waals surface area (Å²) in [7, 11) is 0. The molecule has 2 rings (SSSR count). The summed E-state index contributed by atoms with van der Waals surface area (Å²) in [5.74, 6) is 0. The summed E-state index contributed by atoms with van der Waals surface area (Å²) in [6.07, 6.45) is 5.53. The fourth-order valence-corrected chi connectivity index (χ4v) is 1.90. The van der Waals surface area contributed by atoms with Gasteiger partial charge in [-0.1, -0.05) is 18.9 Å². The lowest BCUT2D eigenvalue weighted by molar-refractivity contribution is 0.460. The van der Waals surface area contributed by atoms with E-state index < -0.39 is 12.6 Å². The van der Waals surface area contributed by atoms with Crippen molar-refractivity contribution in [2.45, 2.75) is 31.7 Å². The zero-order chi connectivity index (χ0) is 10.2. The topological polar surface area (TPSA) is 17.8 Å². The van der Waals surface area contributed by atoms with Crippen LogP contribution in [0, 0.1) is 0 Å². The van der Waals surface area contributed by atoms with Gasteiger partial charge in [0.25, 0.3) is 0 Å². The molecular formula is C8H11BF3N2-. The molecule has 78 valence electrons. The Morgan fingerprint density at radius 1 is 1.29 bits per heavy atom. The fourth-order valence-electron chi connectivity index (χ4n) is 1.90. The lowest BCUT2D eigenvalue weighted by atomic mass is 9.87. The van der Waals surface area contributed by atoms with Crippen LogP contribution in [0.4, 0.5) is 12.9 Å². The molecule has 1 fully saturated rings. The Morgan fingerprint density at radius 3 is 2.43 bits per heavy atom. The molecule has 0 N–H and O–H groups in total. The van der Waals surface area contributed by atoms with Gasteiger partial charge in [0.1, 0.15) is 0 Å². The van der Waals surface area contributed by atoms with E-state index in [9.17, 15) is 12.9 Å². The Morgan fingerprint density at radius 2 is 1.93 bits per heavy atom. The van der Waals surface area contributed by atoms with Gasteiger partial charge in [-0.2, -0.15) is 0 Å². The van der Waals surface area contributed by atoms with Crippen molar-refractivity contribution in [1.82, 2.24) is 9.78 Å². The summed E-state index contributed by atoms with van der Waals surface area (Å²) in [5.41, 5.74) is -0.725. The molecule has 0 aliphatic heterocycles. The lowest BCUT2D eigenvalue weighted by Crippen LogP contribution is -2.35. The molecule has 1 saturated carbocycles. The summed E-state index contributed by atoms with van der Waals surface area (Å²) in [6, 6.07) is 1.25. The molecule has 1 heterocycles. The van der Waals surface area contributed by atoms with Crippen LogP contribution in [-0.4, -0.2) is 16.8 Å². The van der Waals surface area contributed by atoms with Crippen molar-refractivity contribution in [1.29, 1.82) is 0 Å². The minimum atomic E-state index is -4.94. The van der Waals surface area contributed by atoms with Gasteiger partial charge in [-0.3, -0.25) is 4.68 Å². The number of halogens is 3. The maximum atomic E-state index is 12.3. The van der Waals surface area contributed by atoms with E-state index in [1.165, 1.54) is 10.9 Å². The van der Waals surface area contributed by atoms with Gasteiger partial charge >= 0.3 is 6.98 Å². The zero-order valence-electron chi connectivity index (χ0n) is 7.67. The standard InChI is InChI=1S/C8H11BF3N2/c10-9(11,12)8-5-6-14(13-8)7-3-1-2-4-7/h5-7H,1-4H2/q-1. The summed E-state index contributed by atoms with van der Waals surface area (Å²) in [4.78, 5) is 0. The molecule has 6 heteroatoms. The van der Waals surface area contributed by atoms with Crippen molar-refractivity contribution >= 4 is 12.6 Å². The smallest absolute Gasteiger partial charge is 0.444 e. The largest absolute Gasteiger partial charge is 0.529 e. The van der Waals surface area contributed by atoms with Crippen LogP contribution in [0.15, 0.2) is 12.3 Å². The van der Waals surface area contributed by atoms with E-state index in [4.69, 9.17) is 0 Å². The SMILES string of the molecule is F[B-](F)(F)c1ccn(C2CCCC2)n1. The van der Waals surface area contributed by atoms with Crippen LogP contribution in [0.3, 0.4) is 0 Å². The van der Waals surface area contributed by atoms with Crippen LogP contribution in [0.1, 0.15) is 31.7 Å². The summed E-state index contributed by atoms with van der Waals surface area (Å²) in [6.45, 7) is -4.94. The van der Waals surface area contributed by atoms with Crippen molar-refractivity contribution in [2.24, 2.45) is 0 Å². The third-order valence-electron chi connectivity index (χ3n) is 2.66. The van der Waals surface area contributed by atoms with E-state index in [1.54, 1.807) is 0 Å². The van der Waals surface area contributed by atoms with Gasteiger partial charge in [-0.15, -0.1) is 0 Å². The molecule has 14 heavy (non-hydrogen) atoms. The molecular weight excluding hydrogens is 192 g/mol. The van der Waals surface area contributed by atoms with Crippen molar-refractivity contribution in [3.8, 4) is 0 Å². The first kappa shape index (κ1) is 9.61. The quantitative estimate of drug-likeness (QED) is 0.672. The number of rotatable bonds is 2. The lowest BCUT2D eigenvalue weighted by Gasteiger charge is -2.12. The first-order valence-electron chi connectivity index (χ1n) is 4.82. The Balaban J connectivity index is 2.17. The third-order valence-corrected chi connectivity index (χ3v) is 2.66. The minimum Gasteiger partial charge on any atom is -0.444 e. The molecule has 0 amide bonds. The van der Waals surface area contributed by atoms with Gasteiger partial charge in [0.05, 0.1) is 6.04 Å². The summed E-state index contributed by atoms with van der Waals surface area (Å²) >= 11 is 0. The zero-order valence-corrected chi connectivity index (χ0v) is 7.67. The molecule has 1 aliphatic rings. The van der Waals surface area contributed by atoms with Gasteiger partial charge in [0, 0.05) is 11.8 Å². The Bertz CT molecular complexity index is 315. The maximum absolute atomic E-state index is 12.3. The second-order valence-corrected chi connectivity index (χ2v) is 3.73. The number of hydrogen-bond donors (Lipinski definition) is 0. The monoisotopic (exact) mass is 203 g/mol. The predicted octanol–water partition coefficient (Wildman–Crippen LogP) is 2.05. The number of aromatic nitrogens is 2. The molecule has 0 spiro atoms. The highest BCUT2D eigenvalue weighted by atomic mass is 19.4. The molecule has 1 aromatic rings. The van der Waals surface area contributed by atoms with E-state index in [0.29, 0.717) is 0 Å². The van der Waals surface area contributed by atoms with E-state index in [2.05, 4.69) is 5.10 Å². The molecule has 0 atom stereocenters. The molecule has 0 saturated heterocycles. The first-order valence-corrected chi connectivity index (χ1v) is 4.82. The Hall–Kier alpha value is -0.935. The normalized spacial score (nSPS) is 19.1. The van der Waals surface area contributed by atoms with Crippen molar-refractivity contribution < 1.29 is 12.9 Å². The number of nitrogens with zero attached hydrogens (tertiary/aromatic N) is 2. The third kappa shape index (κ3) is 1.78. The average Bonchev–Trinajstić information content (AvgIpc) is 2.73. The van der Waals surface area contributed by atoms with Gasteiger partial charge in [-0.25, -0.2) is 5.10 Å². The molecule has 0 radical (unpaired) electrons. The molecule has 0 unspecified atom stereocenters. The van der Waals surface area contributed by atoms with Crippen LogP contribution < -0.4 is 5.59 Å². The highest BCUT2D eigenvalue weighted by Gasteiger charge is 2.29. The molecule has 1 aliphatic carbocycles. The predicted molar refractivity (Wildman–Crippen MR) is 48.4 cm³/mol. The van der Waals surface area contributed by atoms with Crippen LogP contribution in [0.25, 0.3) is 0 Å². The molecule has 1 aromatic heterocycles. The molecule has 0 bridgehead atoms. The van der Waals surface area contributed by atoms with Crippen LogP contribution in [0.2, 0.25) is 0 Å². The van der Waals surface area contributed by atoms with Crippen molar-refractivity contribution in [3.05, 3.63) is 12.3 Å². The van der Waals surface area contributed by atoms with Crippen molar-refractivity contribution in [3.63, 3.8) is 0 Å². The maximum Gasteiger partial charge on any atom is 0.529 e. The van der Waals surface area contributed by atoms with Gasteiger partial charge < -0.3 is 12.9 Å². The van der Waals surface area contributed by atoms with Crippen LogP contribution >= 0.6 is 0 Å². The Kier molecular flexibility index (Phi) is 2.29. The van der Waals surface area contributed by atoms with Crippen LogP contribution in [-0.2, 0) is 0 Å². The van der Waals surface area contributed by atoms with E-state index >= 15 is 0 Å². The summed E-state index contributed by atoms with van der Waals surface area (Å²) in [5, 5.41) is 3.58. The van der Waals surface area contributed by atoms with Gasteiger partial charge in [0.15, 0.2) is 0 Å². The second kappa shape index (κ2) is 3.33. The highest BCUT2D eigenvalue weighted by Crippen LogP contribution is 2.28. The molecule has 2 nitrogen and oxygen atoms in total.